The van der Waals surface area contributed by atoms with Gasteiger partial charge in [0.15, 0.2) is 0 Å². The van der Waals surface area contributed by atoms with Crippen molar-refractivity contribution in [3.8, 4) is 5.75 Å². The molecule has 0 radical (unpaired) electrons. The van der Waals surface area contributed by atoms with Crippen LogP contribution >= 0.6 is 11.6 Å². The molecule has 1 saturated heterocycles. The average molecular weight is 379 g/mol. The normalized spacial score (nSPS) is 25.8. The molecule has 3 rings (SSSR count). The van der Waals surface area contributed by atoms with Crippen molar-refractivity contribution in [1.82, 2.24) is 10.2 Å². The van der Waals surface area contributed by atoms with E-state index in [4.69, 9.17) is 16.3 Å². The molecule has 1 aliphatic carbocycles. The molecule has 0 aromatic heterocycles. The maximum Gasteiger partial charge on any atom is 0.258 e. The van der Waals surface area contributed by atoms with Crippen LogP contribution in [0.15, 0.2) is 18.2 Å². The highest BCUT2D eigenvalue weighted by Gasteiger charge is 2.36. The quantitative estimate of drug-likeness (QED) is 0.870. The fraction of sp³-hybridized carbons (Fsp3) is 0.600. The Labute approximate surface area is 160 Å². The highest BCUT2D eigenvalue weighted by atomic mass is 35.5. The van der Waals surface area contributed by atoms with Gasteiger partial charge in [0.25, 0.3) is 5.91 Å². The lowest BCUT2D eigenvalue weighted by atomic mass is 9.87. The number of halogens is 1. The first kappa shape index (κ1) is 19.0. The van der Waals surface area contributed by atoms with Gasteiger partial charge in [-0.1, -0.05) is 18.5 Å². The summed E-state index contributed by atoms with van der Waals surface area (Å²) in [5, 5.41) is 3.64. The molecule has 2 aliphatic rings. The first-order valence-corrected chi connectivity index (χ1v) is 9.82. The molecule has 0 spiro atoms. The lowest BCUT2D eigenvalue weighted by molar-refractivity contribution is -0.125. The summed E-state index contributed by atoms with van der Waals surface area (Å²) < 4.78 is 5.30. The van der Waals surface area contributed by atoms with Gasteiger partial charge in [-0.25, -0.2) is 0 Å². The van der Waals surface area contributed by atoms with Crippen LogP contribution in [0.4, 0.5) is 0 Å². The third-order valence-corrected chi connectivity index (χ3v) is 5.81. The molecule has 1 aromatic carbocycles. The Morgan fingerprint density at radius 1 is 1.19 bits per heavy atom. The zero-order valence-electron chi connectivity index (χ0n) is 15.5. The smallest absolute Gasteiger partial charge is 0.258 e. The number of hydrogen-bond acceptors (Lipinski definition) is 3. The Bertz CT molecular complexity index is 671. The second-order valence-electron chi connectivity index (χ2n) is 7.47. The number of methoxy groups -OCH3 is 1. The molecule has 1 N–H and O–H groups in total. The van der Waals surface area contributed by atoms with Gasteiger partial charge in [0.1, 0.15) is 11.8 Å². The Morgan fingerprint density at radius 2 is 1.92 bits per heavy atom. The van der Waals surface area contributed by atoms with Crippen molar-refractivity contribution >= 4 is 23.4 Å². The number of rotatable bonds is 4. The van der Waals surface area contributed by atoms with Crippen LogP contribution in [0.3, 0.4) is 0 Å². The number of ether oxygens (including phenoxy) is 1. The van der Waals surface area contributed by atoms with Crippen molar-refractivity contribution in [2.45, 2.75) is 57.5 Å². The molecular formula is C20H27ClN2O3. The summed E-state index contributed by atoms with van der Waals surface area (Å²) in [6, 6.07) is 4.81. The molecule has 1 unspecified atom stereocenters. The van der Waals surface area contributed by atoms with Crippen molar-refractivity contribution in [2.75, 3.05) is 13.7 Å². The molecule has 1 aromatic rings. The molecule has 0 bridgehead atoms. The average Bonchev–Trinajstić information content (AvgIpc) is 3.13. The maximum absolute atomic E-state index is 13.0. The van der Waals surface area contributed by atoms with Gasteiger partial charge in [-0.2, -0.15) is 0 Å². The van der Waals surface area contributed by atoms with Gasteiger partial charge in [-0.15, -0.1) is 0 Å². The van der Waals surface area contributed by atoms with Gasteiger partial charge in [-0.3, -0.25) is 9.59 Å². The Kier molecular flexibility index (Phi) is 6.07. The predicted octanol–water partition coefficient (Wildman–Crippen LogP) is 3.65. The lowest BCUT2D eigenvalue weighted by Crippen LogP contribution is -2.49. The lowest BCUT2D eigenvalue weighted by Gasteiger charge is -2.30. The second kappa shape index (κ2) is 8.30. The summed E-state index contributed by atoms with van der Waals surface area (Å²) in [6.07, 6.45) is 5.87. The van der Waals surface area contributed by atoms with Crippen molar-refractivity contribution in [3.05, 3.63) is 28.8 Å². The van der Waals surface area contributed by atoms with Crippen LogP contribution in [0.2, 0.25) is 5.02 Å². The van der Waals surface area contributed by atoms with Crippen molar-refractivity contribution in [3.63, 3.8) is 0 Å². The first-order chi connectivity index (χ1) is 12.5. The van der Waals surface area contributed by atoms with Crippen molar-refractivity contribution < 1.29 is 14.3 Å². The number of amides is 2. The van der Waals surface area contributed by atoms with Gasteiger partial charge in [0.05, 0.1) is 12.7 Å². The monoisotopic (exact) mass is 378 g/mol. The number of hydrogen-bond donors (Lipinski definition) is 1. The highest BCUT2D eigenvalue weighted by Crippen LogP contribution is 2.28. The Balaban J connectivity index is 1.70. The summed E-state index contributed by atoms with van der Waals surface area (Å²) >= 11 is 6.06. The van der Waals surface area contributed by atoms with Crippen molar-refractivity contribution in [2.24, 2.45) is 5.92 Å². The fourth-order valence-corrected chi connectivity index (χ4v) is 4.16. The molecule has 1 atom stereocenters. The molecule has 1 saturated carbocycles. The minimum atomic E-state index is -0.412. The zero-order valence-corrected chi connectivity index (χ0v) is 16.2. The number of likely N-dealkylation sites (tertiary alicyclic amines) is 1. The SMILES string of the molecule is COc1ccc(Cl)cc1C(=O)N1CCCC1C(=O)NC1CCC(C)CC1. The summed E-state index contributed by atoms with van der Waals surface area (Å²) in [5.41, 5.74) is 0.409. The summed E-state index contributed by atoms with van der Waals surface area (Å²) in [5.74, 6) is 0.991. The standard InChI is InChI=1S/C20H27ClN2O3/c1-13-5-8-15(9-6-13)22-19(24)17-4-3-11-23(17)20(25)16-12-14(21)7-10-18(16)26-2/h7,10,12-13,15,17H,3-6,8-9,11H2,1-2H3,(H,22,24). The molecule has 6 heteroatoms. The van der Waals surface area contributed by atoms with E-state index in [1.54, 1.807) is 23.1 Å². The fourth-order valence-electron chi connectivity index (χ4n) is 3.99. The molecule has 142 valence electrons. The van der Waals surface area contributed by atoms with E-state index in [1.807, 2.05) is 0 Å². The Morgan fingerprint density at radius 3 is 2.62 bits per heavy atom. The number of nitrogens with one attached hydrogen (secondary N) is 1. The van der Waals surface area contributed by atoms with E-state index < -0.39 is 6.04 Å². The maximum atomic E-state index is 13.0. The van der Waals surface area contributed by atoms with Gasteiger partial charge in [0, 0.05) is 17.6 Å². The number of carbonyl (C=O) groups excluding carboxylic acids is 2. The van der Waals surface area contributed by atoms with Gasteiger partial charge < -0.3 is 15.0 Å². The molecule has 2 amide bonds. The van der Waals surface area contributed by atoms with E-state index in [0.717, 1.165) is 38.0 Å². The molecule has 2 fully saturated rings. The number of benzene rings is 1. The molecule has 1 aliphatic heterocycles. The van der Waals surface area contributed by atoms with Crippen LogP contribution in [0.5, 0.6) is 5.75 Å². The highest BCUT2D eigenvalue weighted by molar-refractivity contribution is 6.31. The van der Waals surface area contributed by atoms with Gasteiger partial charge in [-0.05, 0) is 62.6 Å². The number of carbonyl (C=O) groups is 2. The van der Waals surface area contributed by atoms with Crippen LogP contribution in [0.25, 0.3) is 0 Å². The molecular weight excluding hydrogens is 352 g/mol. The van der Waals surface area contributed by atoms with Crippen LogP contribution < -0.4 is 10.1 Å². The molecule has 1 heterocycles. The third-order valence-electron chi connectivity index (χ3n) is 5.57. The first-order valence-electron chi connectivity index (χ1n) is 9.44. The summed E-state index contributed by atoms with van der Waals surface area (Å²) in [6.45, 7) is 2.84. The van der Waals surface area contributed by atoms with Crippen LogP contribution in [-0.4, -0.2) is 42.5 Å². The van der Waals surface area contributed by atoms with Crippen LogP contribution in [-0.2, 0) is 4.79 Å². The van der Waals surface area contributed by atoms with E-state index in [2.05, 4.69) is 12.2 Å². The summed E-state index contributed by atoms with van der Waals surface area (Å²) in [7, 11) is 1.53. The minimum Gasteiger partial charge on any atom is -0.496 e. The van der Waals surface area contributed by atoms with E-state index in [-0.39, 0.29) is 17.9 Å². The zero-order chi connectivity index (χ0) is 18.7. The second-order valence-corrected chi connectivity index (χ2v) is 7.90. The van der Waals surface area contributed by atoms with Crippen molar-refractivity contribution in [1.29, 1.82) is 0 Å². The summed E-state index contributed by atoms with van der Waals surface area (Å²) in [4.78, 5) is 27.5. The van der Waals surface area contributed by atoms with Gasteiger partial charge >= 0.3 is 0 Å². The Hall–Kier alpha value is -1.75. The van der Waals surface area contributed by atoms with Gasteiger partial charge in [0.2, 0.25) is 5.91 Å². The van der Waals surface area contributed by atoms with E-state index in [1.165, 1.54) is 7.11 Å². The van der Waals surface area contributed by atoms with E-state index in [9.17, 15) is 9.59 Å². The topological polar surface area (TPSA) is 58.6 Å². The molecule has 5 nitrogen and oxygen atoms in total. The molecule has 26 heavy (non-hydrogen) atoms. The third kappa shape index (κ3) is 4.14. The van der Waals surface area contributed by atoms with Crippen LogP contribution in [0, 0.1) is 5.92 Å². The van der Waals surface area contributed by atoms with Crippen LogP contribution in [0.1, 0.15) is 55.8 Å². The minimum absolute atomic E-state index is 0.0311. The largest absolute Gasteiger partial charge is 0.496 e. The van der Waals surface area contributed by atoms with E-state index in [0.29, 0.717) is 29.3 Å². The van der Waals surface area contributed by atoms with E-state index >= 15 is 0 Å². The number of nitrogens with zero attached hydrogens (tertiary/aromatic N) is 1. The predicted molar refractivity (Wildman–Crippen MR) is 102 cm³/mol.